The Morgan fingerprint density at radius 1 is 1.25 bits per heavy atom. The number of carbonyl (C=O) groups excluding carboxylic acids is 2. The number of morpholine rings is 1. The van der Waals surface area contributed by atoms with Crippen LogP contribution >= 0.6 is 11.3 Å². The number of aromatic hydroxyl groups is 1. The lowest BCUT2D eigenvalue weighted by Crippen LogP contribution is -2.37. The second-order valence-corrected chi connectivity index (χ2v) is 8.46. The highest BCUT2D eigenvalue weighted by Gasteiger charge is 2.26. The Balaban J connectivity index is 1.89. The maximum Gasteiger partial charge on any atom is 0.263 e. The number of benzene rings is 1. The number of rotatable bonds is 5. The van der Waals surface area contributed by atoms with Crippen LogP contribution in [0.5, 0.6) is 5.75 Å². The molecule has 0 bridgehead atoms. The first-order chi connectivity index (χ1) is 13.3. The largest absolute Gasteiger partial charge is 0.507 e. The van der Waals surface area contributed by atoms with Gasteiger partial charge in [-0.25, -0.2) is 17.3 Å². The number of anilines is 1. The molecule has 1 saturated heterocycles. The van der Waals surface area contributed by atoms with E-state index in [2.05, 4.69) is 5.32 Å². The Morgan fingerprint density at radius 3 is 2.54 bits per heavy atom. The van der Waals surface area contributed by atoms with Crippen LogP contribution in [-0.2, 0) is 15.7 Å². The van der Waals surface area contributed by atoms with Gasteiger partial charge in [-0.3, -0.25) is 9.59 Å². The van der Waals surface area contributed by atoms with Crippen molar-refractivity contribution in [2.45, 2.75) is 4.21 Å². The van der Waals surface area contributed by atoms with E-state index in [1.807, 2.05) is 0 Å². The lowest BCUT2D eigenvalue weighted by molar-refractivity contribution is 0.0752. The molecule has 0 radical (unpaired) electrons. The minimum absolute atomic E-state index is 0.0581. The van der Waals surface area contributed by atoms with Gasteiger partial charge in [0.05, 0.1) is 18.8 Å². The fourth-order valence-corrected chi connectivity index (χ4v) is 5.12. The molecule has 1 aliphatic rings. The van der Waals surface area contributed by atoms with E-state index in [-0.39, 0.29) is 14.8 Å². The van der Waals surface area contributed by atoms with Gasteiger partial charge in [0.1, 0.15) is 43.1 Å². The van der Waals surface area contributed by atoms with E-state index in [0.29, 0.717) is 38.4 Å². The Labute approximate surface area is 164 Å². The van der Waals surface area contributed by atoms with E-state index >= 15 is 0 Å². The number of halogens is 2. The second kappa shape index (κ2) is 8.31. The summed E-state index contributed by atoms with van der Waals surface area (Å²) in [7, 11) is -1.61. The molecule has 4 N–H and O–H groups in total. The number of hydrogen-bond acceptors (Lipinski definition) is 6. The molecule has 1 aromatic carbocycles. The summed E-state index contributed by atoms with van der Waals surface area (Å²) < 4.78 is 46.7. The second-order valence-electron chi connectivity index (χ2n) is 5.70. The molecule has 1 aliphatic heterocycles. The Bertz CT molecular complexity index is 937. The van der Waals surface area contributed by atoms with E-state index in [1.54, 1.807) is 4.31 Å². The molecule has 2 heterocycles. The van der Waals surface area contributed by atoms with Crippen molar-refractivity contribution < 1.29 is 32.4 Å². The van der Waals surface area contributed by atoms with E-state index in [4.69, 9.17) is 10.5 Å². The third kappa shape index (κ3) is 4.19. The highest BCUT2D eigenvalue weighted by atomic mass is 32.2. The van der Waals surface area contributed by atoms with E-state index < -0.39 is 45.7 Å². The predicted molar refractivity (Wildman–Crippen MR) is 97.6 cm³/mol. The van der Waals surface area contributed by atoms with Gasteiger partial charge in [0.2, 0.25) is 0 Å². The van der Waals surface area contributed by atoms with Crippen molar-refractivity contribution in [3.05, 3.63) is 41.0 Å². The number of nitrogens with zero attached hydrogens (tertiary/aromatic N) is 1. The van der Waals surface area contributed by atoms with Crippen molar-refractivity contribution in [3.63, 3.8) is 0 Å². The van der Waals surface area contributed by atoms with Crippen molar-refractivity contribution in [3.8, 4) is 5.75 Å². The topological polar surface area (TPSA) is 122 Å². The fraction of sp³-hybridized carbons (Fsp3) is 0.250. The third-order valence-corrected chi connectivity index (χ3v) is 6.66. The van der Waals surface area contributed by atoms with Gasteiger partial charge >= 0.3 is 0 Å². The van der Waals surface area contributed by atoms with Crippen LogP contribution in [0.25, 0.3) is 0 Å². The summed E-state index contributed by atoms with van der Waals surface area (Å²) >= 11 is 0.834. The summed E-state index contributed by atoms with van der Waals surface area (Å²) in [6, 6.07) is 2.31. The summed E-state index contributed by atoms with van der Waals surface area (Å²) in [5.74, 6) is -5.22. The van der Waals surface area contributed by atoms with Crippen LogP contribution < -0.4 is 11.1 Å². The van der Waals surface area contributed by atoms with Crippen LogP contribution in [-0.4, -0.2) is 51.7 Å². The number of thiophene rings is 1. The third-order valence-electron chi connectivity index (χ3n) is 3.84. The first kappa shape index (κ1) is 20.3. The molecular weight excluding hydrogens is 416 g/mol. The van der Waals surface area contributed by atoms with Crippen LogP contribution in [0.2, 0.25) is 0 Å². The number of phenolic OH excluding ortho intramolecular Hbond substituents is 1. The van der Waals surface area contributed by atoms with Crippen molar-refractivity contribution in [1.82, 2.24) is 4.31 Å². The molecule has 8 nitrogen and oxygen atoms in total. The van der Waals surface area contributed by atoms with Gasteiger partial charge in [-0.05, 0) is 6.07 Å². The molecule has 0 aliphatic carbocycles. The predicted octanol–water partition coefficient (Wildman–Crippen LogP) is 1.44. The minimum atomic E-state index is -1.61. The summed E-state index contributed by atoms with van der Waals surface area (Å²) in [6.45, 7) is 1.67. The highest BCUT2D eigenvalue weighted by molar-refractivity contribution is 7.85. The van der Waals surface area contributed by atoms with Crippen LogP contribution in [0.1, 0.15) is 20.7 Å². The molecule has 3 rings (SSSR count). The monoisotopic (exact) mass is 431 g/mol. The van der Waals surface area contributed by atoms with Gasteiger partial charge in [-0.2, -0.15) is 0 Å². The van der Waals surface area contributed by atoms with Gasteiger partial charge in [0, 0.05) is 25.2 Å². The molecule has 1 aromatic heterocycles. The van der Waals surface area contributed by atoms with Crippen molar-refractivity contribution in [2.24, 2.45) is 5.73 Å². The smallest absolute Gasteiger partial charge is 0.263 e. The molecule has 0 spiro atoms. The van der Waals surface area contributed by atoms with Crippen LogP contribution in [0.4, 0.5) is 13.8 Å². The van der Waals surface area contributed by atoms with Gasteiger partial charge in [-0.1, -0.05) is 0 Å². The summed E-state index contributed by atoms with van der Waals surface area (Å²) in [5.41, 5.74) is 4.41. The summed E-state index contributed by atoms with van der Waals surface area (Å²) in [5, 5.41) is 11.9. The van der Waals surface area contributed by atoms with Gasteiger partial charge in [0.15, 0.2) is 0 Å². The standard InChI is InChI=1S/C16H15F2N3O5S2/c17-8-5-10(18)13(11(22)6-8)15(24)20-16-9(14(19)23)7-12(27-16)28(25)21-1-3-26-4-2-21/h5-7,22H,1-4H2,(H2,19,23)(H,20,24). The molecular formula is C16H15F2N3O5S2. The Morgan fingerprint density at radius 2 is 1.93 bits per heavy atom. The zero-order chi connectivity index (χ0) is 20.4. The van der Waals surface area contributed by atoms with E-state index in [0.717, 1.165) is 11.3 Å². The molecule has 12 heteroatoms. The number of ether oxygens (including phenoxy) is 1. The molecule has 1 fully saturated rings. The normalized spacial score (nSPS) is 15.9. The van der Waals surface area contributed by atoms with Crippen molar-refractivity contribution >= 4 is 39.1 Å². The van der Waals surface area contributed by atoms with E-state index in [9.17, 15) is 27.7 Å². The quantitative estimate of drug-likeness (QED) is 0.661. The minimum Gasteiger partial charge on any atom is -0.507 e. The zero-order valence-corrected chi connectivity index (χ0v) is 15.9. The maximum absolute atomic E-state index is 13.9. The molecule has 150 valence electrons. The molecule has 2 amide bonds. The number of primary amides is 1. The number of nitrogens with two attached hydrogens (primary N) is 1. The average molecular weight is 431 g/mol. The van der Waals surface area contributed by atoms with Crippen molar-refractivity contribution in [2.75, 3.05) is 31.6 Å². The van der Waals surface area contributed by atoms with Gasteiger partial charge in [-0.15, -0.1) is 11.3 Å². The molecule has 1 atom stereocenters. The molecule has 2 aromatic rings. The lowest BCUT2D eigenvalue weighted by Gasteiger charge is -2.24. The maximum atomic E-state index is 13.9. The highest BCUT2D eigenvalue weighted by Crippen LogP contribution is 2.33. The van der Waals surface area contributed by atoms with Crippen LogP contribution in [0, 0.1) is 11.6 Å². The summed E-state index contributed by atoms with van der Waals surface area (Å²) in [4.78, 5) is 24.0. The first-order valence-electron chi connectivity index (χ1n) is 7.95. The first-order valence-corrected chi connectivity index (χ1v) is 9.88. The number of amides is 2. The number of hydrogen-bond donors (Lipinski definition) is 3. The van der Waals surface area contributed by atoms with Gasteiger partial charge in [0.25, 0.3) is 11.8 Å². The molecule has 1 unspecified atom stereocenters. The Hall–Kier alpha value is -2.41. The molecule has 0 saturated carbocycles. The SMILES string of the molecule is NC(=O)c1cc(S(=O)N2CCOCC2)sc1NC(=O)c1c(O)cc(F)cc1F. The van der Waals surface area contributed by atoms with Crippen LogP contribution in [0.15, 0.2) is 22.4 Å². The lowest BCUT2D eigenvalue weighted by atomic mass is 10.1. The van der Waals surface area contributed by atoms with Gasteiger partial charge < -0.3 is 20.9 Å². The Kier molecular flexibility index (Phi) is 6.03. The fourth-order valence-electron chi connectivity index (χ4n) is 2.52. The van der Waals surface area contributed by atoms with Crippen LogP contribution in [0.3, 0.4) is 0 Å². The number of carbonyl (C=O) groups is 2. The number of nitrogens with one attached hydrogen (secondary N) is 1. The molecule has 28 heavy (non-hydrogen) atoms. The average Bonchev–Trinajstić information content (AvgIpc) is 3.05. The summed E-state index contributed by atoms with van der Waals surface area (Å²) in [6.07, 6.45) is 0. The zero-order valence-electron chi connectivity index (χ0n) is 14.2. The van der Waals surface area contributed by atoms with Crippen molar-refractivity contribution in [1.29, 1.82) is 0 Å². The van der Waals surface area contributed by atoms with E-state index in [1.165, 1.54) is 6.07 Å². The number of phenols is 1.